The number of nitrogens with zero attached hydrogens (tertiary/aromatic N) is 3. The Labute approximate surface area is 123 Å². The number of rotatable bonds is 3. The van der Waals surface area contributed by atoms with Gasteiger partial charge in [-0.25, -0.2) is 0 Å². The Hall–Kier alpha value is -0.630. The molecule has 0 radical (unpaired) electrons. The molecule has 0 aromatic carbocycles. The van der Waals surface area contributed by atoms with Crippen LogP contribution >= 0.6 is 0 Å². The lowest BCUT2D eigenvalue weighted by molar-refractivity contribution is 0.135. The van der Waals surface area contributed by atoms with Gasteiger partial charge in [-0.05, 0) is 65.1 Å². The first-order valence-electron chi connectivity index (χ1n) is 8.35. The molecular formula is C16H28N4. The molecule has 1 aliphatic carbocycles. The molecule has 112 valence electrons. The van der Waals surface area contributed by atoms with Gasteiger partial charge in [-0.2, -0.15) is 5.26 Å². The van der Waals surface area contributed by atoms with Gasteiger partial charge in [-0.3, -0.25) is 9.80 Å². The van der Waals surface area contributed by atoms with Crippen molar-refractivity contribution in [1.29, 1.82) is 5.26 Å². The van der Waals surface area contributed by atoms with Crippen LogP contribution in [0.1, 0.15) is 44.9 Å². The van der Waals surface area contributed by atoms with Crippen molar-refractivity contribution in [2.75, 3.05) is 33.2 Å². The van der Waals surface area contributed by atoms with Crippen LogP contribution in [-0.2, 0) is 0 Å². The number of nitrogens with one attached hydrogen (secondary N) is 1. The maximum Gasteiger partial charge on any atom is 0.108 e. The third kappa shape index (κ3) is 2.72. The summed E-state index contributed by atoms with van der Waals surface area (Å²) in [5, 5.41) is 12.8. The number of nitriles is 1. The van der Waals surface area contributed by atoms with Gasteiger partial charge in [-0.15, -0.1) is 0 Å². The Balaban J connectivity index is 1.58. The van der Waals surface area contributed by atoms with Crippen LogP contribution in [0.25, 0.3) is 0 Å². The fraction of sp³-hybridized carbons (Fsp3) is 0.938. The molecule has 2 aliphatic heterocycles. The van der Waals surface area contributed by atoms with Gasteiger partial charge in [-0.1, -0.05) is 0 Å². The lowest BCUT2D eigenvalue weighted by Gasteiger charge is -2.40. The average Bonchev–Trinajstić information content (AvgIpc) is 3.17. The van der Waals surface area contributed by atoms with Crippen molar-refractivity contribution in [3.63, 3.8) is 0 Å². The SMILES string of the molecule is CNC1(C#N)CCCC(N2CCC(N3CCCC3)C2)C1. The van der Waals surface area contributed by atoms with E-state index < -0.39 is 0 Å². The molecule has 3 fully saturated rings. The first-order valence-corrected chi connectivity index (χ1v) is 8.35. The molecule has 20 heavy (non-hydrogen) atoms. The Kier molecular flexibility index (Phi) is 4.30. The fourth-order valence-corrected chi connectivity index (χ4v) is 4.45. The first kappa shape index (κ1) is 14.3. The Bertz CT molecular complexity index is 371. The van der Waals surface area contributed by atoms with E-state index in [1.165, 1.54) is 58.3 Å². The van der Waals surface area contributed by atoms with Gasteiger partial charge in [0.2, 0.25) is 0 Å². The van der Waals surface area contributed by atoms with Crippen LogP contribution in [0.5, 0.6) is 0 Å². The molecule has 3 aliphatic rings. The summed E-state index contributed by atoms with van der Waals surface area (Å²) < 4.78 is 0. The zero-order valence-corrected chi connectivity index (χ0v) is 12.8. The van der Waals surface area contributed by atoms with Crippen LogP contribution in [0.3, 0.4) is 0 Å². The largest absolute Gasteiger partial charge is 0.302 e. The molecule has 0 aromatic heterocycles. The summed E-state index contributed by atoms with van der Waals surface area (Å²) in [6.07, 6.45) is 8.58. The minimum Gasteiger partial charge on any atom is -0.302 e. The Morgan fingerprint density at radius 3 is 2.55 bits per heavy atom. The lowest BCUT2D eigenvalue weighted by Crippen LogP contribution is -2.51. The van der Waals surface area contributed by atoms with E-state index in [1.54, 1.807) is 0 Å². The molecule has 0 bridgehead atoms. The highest BCUT2D eigenvalue weighted by atomic mass is 15.3. The van der Waals surface area contributed by atoms with Crippen molar-refractivity contribution in [2.45, 2.75) is 62.6 Å². The maximum absolute atomic E-state index is 9.49. The number of hydrogen-bond donors (Lipinski definition) is 1. The second-order valence-electron chi connectivity index (χ2n) is 6.87. The molecule has 2 saturated heterocycles. The molecule has 1 saturated carbocycles. The fourth-order valence-electron chi connectivity index (χ4n) is 4.45. The van der Waals surface area contributed by atoms with Crippen LogP contribution in [0.4, 0.5) is 0 Å². The van der Waals surface area contributed by atoms with Crippen molar-refractivity contribution in [3.8, 4) is 6.07 Å². The molecular weight excluding hydrogens is 248 g/mol. The van der Waals surface area contributed by atoms with Crippen molar-refractivity contribution in [1.82, 2.24) is 15.1 Å². The average molecular weight is 276 g/mol. The molecule has 0 amide bonds. The van der Waals surface area contributed by atoms with Gasteiger partial charge in [0.15, 0.2) is 0 Å². The quantitative estimate of drug-likeness (QED) is 0.850. The van der Waals surface area contributed by atoms with E-state index in [4.69, 9.17) is 0 Å². The highest BCUT2D eigenvalue weighted by Crippen LogP contribution is 2.33. The zero-order valence-electron chi connectivity index (χ0n) is 12.8. The van der Waals surface area contributed by atoms with Crippen LogP contribution in [0, 0.1) is 11.3 Å². The molecule has 0 aromatic rings. The van der Waals surface area contributed by atoms with Gasteiger partial charge in [0.05, 0.1) is 6.07 Å². The number of likely N-dealkylation sites (tertiary alicyclic amines) is 2. The molecule has 1 N–H and O–H groups in total. The predicted molar refractivity (Wildman–Crippen MR) is 80.4 cm³/mol. The van der Waals surface area contributed by atoms with Crippen LogP contribution in [0.15, 0.2) is 0 Å². The maximum atomic E-state index is 9.49. The van der Waals surface area contributed by atoms with Crippen LogP contribution < -0.4 is 5.32 Å². The standard InChI is InChI=1S/C16H28N4/c1-18-16(13-17)7-4-5-14(11-16)20-10-6-15(12-20)19-8-2-3-9-19/h14-15,18H,2-12H2,1H3. The summed E-state index contributed by atoms with van der Waals surface area (Å²) in [7, 11) is 1.95. The third-order valence-corrected chi connectivity index (χ3v) is 5.79. The normalized spacial score (nSPS) is 40.0. The van der Waals surface area contributed by atoms with E-state index in [1.807, 2.05) is 7.05 Å². The zero-order chi connectivity index (χ0) is 14.0. The first-order chi connectivity index (χ1) is 9.76. The minimum absolute atomic E-state index is 0.269. The summed E-state index contributed by atoms with van der Waals surface area (Å²) in [6, 6.07) is 3.94. The Morgan fingerprint density at radius 2 is 1.85 bits per heavy atom. The van der Waals surface area contributed by atoms with Crippen molar-refractivity contribution in [2.24, 2.45) is 0 Å². The molecule has 3 rings (SSSR count). The summed E-state index contributed by atoms with van der Waals surface area (Å²) in [6.45, 7) is 5.08. The van der Waals surface area contributed by atoms with Crippen molar-refractivity contribution >= 4 is 0 Å². The molecule has 0 spiro atoms. The Morgan fingerprint density at radius 1 is 1.05 bits per heavy atom. The predicted octanol–water partition coefficient (Wildman–Crippen LogP) is 1.58. The van der Waals surface area contributed by atoms with E-state index >= 15 is 0 Å². The monoisotopic (exact) mass is 276 g/mol. The van der Waals surface area contributed by atoms with Gasteiger partial charge < -0.3 is 5.32 Å². The molecule has 4 heteroatoms. The summed E-state index contributed by atoms with van der Waals surface area (Å²) >= 11 is 0. The van der Waals surface area contributed by atoms with E-state index in [-0.39, 0.29) is 5.54 Å². The molecule has 3 unspecified atom stereocenters. The van der Waals surface area contributed by atoms with Crippen LogP contribution in [-0.4, -0.2) is 60.6 Å². The highest BCUT2D eigenvalue weighted by molar-refractivity contribution is 5.11. The molecule has 2 heterocycles. The topological polar surface area (TPSA) is 42.3 Å². The molecule has 3 atom stereocenters. The minimum atomic E-state index is -0.269. The van der Waals surface area contributed by atoms with Gasteiger partial charge in [0, 0.05) is 25.2 Å². The number of hydrogen-bond acceptors (Lipinski definition) is 4. The summed E-state index contributed by atoms with van der Waals surface area (Å²) in [5.41, 5.74) is -0.269. The smallest absolute Gasteiger partial charge is 0.108 e. The van der Waals surface area contributed by atoms with Crippen molar-refractivity contribution in [3.05, 3.63) is 0 Å². The van der Waals surface area contributed by atoms with Crippen molar-refractivity contribution < 1.29 is 0 Å². The second kappa shape index (κ2) is 6.01. The van der Waals surface area contributed by atoms with Gasteiger partial charge in [0.1, 0.15) is 5.54 Å². The highest BCUT2D eigenvalue weighted by Gasteiger charge is 2.40. The summed E-state index contributed by atoms with van der Waals surface area (Å²) in [4.78, 5) is 5.37. The lowest BCUT2D eigenvalue weighted by atomic mass is 9.79. The van der Waals surface area contributed by atoms with E-state index in [0.29, 0.717) is 6.04 Å². The van der Waals surface area contributed by atoms with E-state index in [2.05, 4.69) is 21.2 Å². The summed E-state index contributed by atoms with van der Waals surface area (Å²) in [5.74, 6) is 0. The van der Waals surface area contributed by atoms with Crippen LogP contribution in [0.2, 0.25) is 0 Å². The third-order valence-electron chi connectivity index (χ3n) is 5.79. The molecule has 4 nitrogen and oxygen atoms in total. The second-order valence-corrected chi connectivity index (χ2v) is 6.87. The van der Waals surface area contributed by atoms with E-state index in [9.17, 15) is 5.26 Å². The van der Waals surface area contributed by atoms with Gasteiger partial charge >= 0.3 is 0 Å². The van der Waals surface area contributed by atoms with E-state index in [0.717, 1.165) is 18.9 Å². The van der Waals surface area contributed by atoms with Gasteiger partial charge in [0.25, 0.3) is 0 Å².